The van der Waals surface area contributed by atoms with E-state index >= 15 is 0 Å². The molecule has 0 fully saturated rings. The quantitative estimate of drug-likeness (QED) is 0.826. The highest BCUT2D eigenvalue weighted by molar-refractivity contribution is 7.89. The average Bonchev–Trinajstić information content (AvgIpc) is 2.53. The Bertz CT molecular complexity index is 865. The Labute approximate surface area is 140 Å². The summed E-state index contributed by atoms with van der Waals surface area (Å²) in [4.78, 5) is 19.4. The van der Waals surface area contributed by atoms with Gasteiger partial charge in [-0.3, -0.25) is 0 Å². The lowest BCUT2D eigenvalue weighted by Gasteiger charge is -2.15. The van der Waals surface area contributed by atoms with Crippen molar-refractivity contribution in [3.05, 3.63) is 53.1 Å². The molecule has 0 spiro atoms. The molecule has 0 radical (unpaired) electrons. The van der Waals surface area contributed by atoms with Crippen LogP contribution in [0.4, 0.5) is 0 Å². The third kappa shape index (κ3) is 3.95. The lowest BCUT2D eigenvalue weighted by Crippen LogP contribution is -2.28. The third-order valence-corrected chi connectivity index (χ3v) is 5.11. The lowest BCUT2D eigenvalue weighted by atomic mass is 10.1. The monoisotopic (exact) mass is 349 g/mol. The number of carboxylic acids is 1. The first kappa shape index (κ1) is 18.0. The lowest BCUT2D eigenvalue weighted by molar-refractivity contribution is 0.0695. The van der Waals surface area contributed by atoms with E-state index in [1.807, 2.05) is 6.92 Å². The maximum atomic E-state index is 12.5. The summed E-state index contributed by atoms with van der Waals surface area (Å²) in [6.45, 7) is 5.19. The average molecular weight is 349 g/mol. The molecule has 0 aliphatic rings. The molecular formula is C16H19N3O4S. The number of hydrogen-bond acceptors (Lipinski definition) is 5. The summed E-state index contributed by atoms with van der Waals surface area (Å²) < 4.78 is 27.6. The number of aromatic nitrogens is 2. The minimum absolute atomic E-state index is 0.00842. The molecule has 1 unspecified atom stereocenters. The van der Waals surface area contributed by atoms with Gasteiger partial charge in [-0.05, 0) is 44.0 Å². The SMILES string of the molecule is CCc1ccc(S(=O)(=O)NC(C)c2ccnc(C)n2)cc1C(=O)O. The molecule has 128 valence electrons. The number of carbonyl (C=O) groups is 1. The van der Waals surface area contributed by atoms with Crippen molar-refractivity contribution in [2.75, 3.05) is 0 Å². The minimum atomic E-state index is -3.88. The summed E-state index contributed by atoms with van der Waals surface area (Å²) in [5, 5.41) is 9.25. The van der Waals surface area contributed by atoms with Crippen LogP contribution in [0.25, 0.3) is 0 Å². The topological polar surface area (TPSA) is 109 Å². The molecule has 0 bridgehead atoms. The highest BCUT2D eigenvalue weighted by Crippen LogP contribution is 2.19. The van der Waals surface area contributed by atoms with Crippen LogP contribution in [0.2, 0.25) is 0 Å². The predicted molar refractivity (Wildman–Crippen MR) is 88.3 cm³/mol. The molecule has 1 aromatic heterocycles. The maximum absolute atomic E-state index is 12.5. The Kier molecular flexibility index (Phi) is 5.30. The number of nitrogens with zero attached hydrogens (tertiary/aromatic N) is 2. The molecule has 8 heteroatoms. The second-order valence-corrected chi connectivity index (χ2v) is 7.06. The first-order valence-corrected chi connectivity index (χ1v) is 8.91. The molecule has 0 saturated heterocycles. The number of rotatable bonds is 6. The fourth-order valence-corrected chi connectivity index (χ4v) is 3.55. The van der Waals surface area contributed by atoms with Crippen molar-refractivity contribution in [1.29, 1.82) is 0 Å². The fraction of sp³-hybridized carbons (Fsp3) is 0.312. The zero-order valence-corrected chi connectivity index (χ0v) is 14.5. The summed E-state index contributed by atoms with van der Waals surface area (Å²) in [6.07, 6.45) is 2.06. The number of sulfonamides is 1. The molecule has 7 nitrogen and oxygen atoms in total. The van der Waals surface area contributed by atoms with Crippen LogP contribution in [0, 0.1) is 6.92 Å². The molecule has 0 saturated carbocycles. The first-order valence-electron chi connectivity index (χ1n) is 7.42. The van der Waals surface area contributed by atoms with E-state index in [9.17, 15) is 18.3 Å². The van der Waals surface area contributed by atoms with E-state index in [0.29, 0.717) is 23.5 Å². The van der Waals surface area contributed by atoms with E-state index in [-0.39, 0.29) is 10.5 Å². The van der Waals surface area contributed by atoms with Crippen LogP contribution in [-0.2, 0) is 16.4 Å². The highest BCUT2D eigenvalue weighted by Gasteiger charge is 2.21. The van der Waals surface area contributed by atoms with Crippen LogP contribution in [0.15, 0.2) is 35.4 Å². The van der Waals surface area contributed by atoms with E-state index < -0.39 is 22.0 Å². The van der Waals surface area contributed by atoms with E-state index in [1.165, 1.54) is 18.2 Å². The van der Waals surface area contributed by atoms with E-state index in [2.05, 4.69) is 14.7 Å². The Morgan fingerprint density at radius 3 is 2.62 bits per heavy atom. The van der Waals surface area contributed by atoms with Gasteiger partial charge >= 0.3 is 5.97 Å². The van der Waals surface area contributed by atoms with Crippen molar-refractivity contribution >= 4 is 16.0 Å². The van der Waals surface area contributed by atoms with Crippen LogP contribution in [-0.4, -0.2) is 29.5 Å². The van der Waals surface area contributed by atoms with Gasteiger partial charge in [-0.15, -0.1) is 0 Å². The van der Waals surface area contributed by atoms with Crippen LogP contribution >= 0.6 is 0 Å². The van der Waals surface area contributed by atoms with Crippen LogP contribution in [0.3, 0.4) is 0 Å². The van der Waals surface area contributed by atoms with Crippen molar-refractivity contribution in [2.24, 2.45) is 0 Å². The summed E-state index contributed by atoms with van der Waals surface area (Å²) in [5.74, 6) is -0.609. The van der Waals surface area contributed by atoms with Gasteiger partial charge in [0.1, 0.15) is 5.82 Å². The largest absolute Gasteiger partial charge is 0.478 e. The van der Waals surface area contributed by atoms with Gasteiger partial charge in [0, 0.05) is 6.20 Å². The number of carboxylic acid groups (broad SMARTS) is 1. The standard InChI is InChI=1S/C16H19N3O4S/c1-4-12-5-6-13(9-14(12)16(20)21)24(22,23)19-10(2)15-7-8-17-11(3)18-15/h5-10,19H,4H2,1-3H3,(H,20,21). The second-order valence-electron chi connectivity index (χ2n) is 5.35. The van der Waals surface area contributed by atoms with E-state index in [4.69, 9.17) is 0 Å². The molecule has 0 aliphatic heterocycles. The van der Waals surface area contributed by atoms with Gasteiger partial charge in [-0.1, -0.05) is 13.0 Å². The van der Waals surface area contributed by atoms with Crippen molar-refractivity contribution in [3.63, 3.8) is 0 Å². The van der Waals surface area contributed by atoms with Gasteiger partial charge in [0.15, 0.2) is 0 Å². The smallest absolute Gasteiger partial charge is 0.336 e. The molecule has 2 N–H and O–H groups in total. The number of benzene rings is 1. The van der Waals surface area contributed by atoms with Crippen molar-refractivity contribution in [1.82, 2.24) is 14.7 Å². The molecule has 24 heavy (non-hydrogen) atoms. The van der Waals surface area contributed by atoms with Gasteiger partial charge in [0.2, 0.25) is 10.0 Å². The zero-order chi connectivity index (χ0) is 17.9. The van der Waals surface area contributed by atoms with Gasteiger partial charge in [-0.25, -0.2) is 27.9 Å². The number of hydrogen-bond donors (Lipinski definition) is 2. The normalized spacial score (nSPS) is 12.8. The Balaban J connectivity index is 2.33. The highest BCUT2D eigenvalue weighted by atomic mass is 32.2. The minimum Gasteiger partial charge on any atom is -0.478 e. The van der Waals surface area contributed by atoms with Crippen molar-refractivity contribution in [2.45, 2.75) is 38.1 Å². The summed E-state index contributed by atoms with van der Waals surface area (Å²) in [7, 11) is -3.88. The second kappa shape index (κ2) is 7.06. The number of aryl methyl sites for hydroxylation is 2. The molecule has 0 aliphatic carbocycles. The Morgan fingerprint density at radius 2 is 2.04 bits per heavy atom. The predicted octanol–water partition coefficient (Wildman–Crippen LogP) is 2.09. The molecule has 1 aromatic carbocycles. The first-order chi connectivity index (χ1) is 11.2. The summed E-state index contributed by atoms with van der Waals surface area (Å²) in [5.41, 5.74) is 1.11. The summed E-state index contributed by atoms with van der Waals surface area (Å²) in [6, 6.07) is 5.17. The molecule has 1 atom stereocenters. The number of aromatic carboxylic acids is 1. The molecule has 1 heterocycles. The van der Waals surface area contributed by atoms with Gasteiger partial charge < -0.3 is 5.11 Å². The fourth-order valence-electron chi connectivity index (χ4n) is 2.31. The van der Waals surface area contributed by atoms with Crippen LogP contribution in [0.1, 0.15) is 47.3 Å². The van der Waals surface area contributed by atoms with Crippen LogP contribution in [0.5, 0.6) is 0 Å². The summed E-state index contributed by atoms with van der Waals surface area (Å²) >= 11 is 0. The van der Waals surface area contributed by atoms with Crippen molar-refractivity contribution < 1.29 is 18.3 Å². The third-order valence-electron chi connectivity index (χ3n) is 3.58. The molecular weight excluding hydrogens is 330 g/mol. The van der Waals surface area contributed by atoms with Crippen molar-refractivity contribution in [3.8, 4) is 0 Å². The Morgan fingerprint density at radius 1 is 1.33 bits per heavy atom. The molecule has 2 aromatic rings. The number of nitrogens with one attached hydrogen (secondary N) is 1. The molecule has 0 amide bonds. The Hall–Kier alpha value is -2.32. The van der Waals surface area contributed by atoms with E-state index in [1.54, 1.807) is 26.1 Å². The van der Waals surface area contributed by atoms with Gasteiger partial charge in [0.05, 0.1) is 22.2 Å². The maximum Gasteiger partial charge on any atom is 0.336 e. The van der Waals surface area contributed by atoms with Crippen LogP contribution < -0.4 is 4.72 Å². The van der Waals surface area contributed by atoms with Gasteiger partial charge in [-0.2, -0.15) is 0 Å². The van der Waals surface area contributed by atoms with E-state index in [0.717, 1.165) is 0 Å². The zero-order valence-electron chi connectivity index (χ0n) is 13.6. The molecule has 2 rings (SSSR count). The van der Waals surface area contributed by atoms with Gasteiger partial charge in [0.25, 0.3) is 0 Å².